The van der Waals surface area contributed by atoms with Crippen molar-refractivity contribution in [3.8, 4) is 0 Å². The van der Waals surface area contributed by atoms with Crippen molar-refractivity contribution in [1.82, 2.24) is 10.1 Å². The van der Waals surface area contributed by atoms with E-state index in [2.05, 4.69) is 10.5 Å². The van der Waals surface area contributed by atoms with Gasteiger partial charge in [0.25, 0.3) is 0 Å². The minimum Gasteiger partial charge on any atom is -0.481 e. The molecule has 0 bridgehead atoms. The molecule has 100 valence electrons. The van der Waals surface area contributed by atoms with Crippen molar-refractivity contribution in [2.24, 2.45) is 5.92 Å². The van der Waals surface area contributed by atoms with Crippen LogP contribution in [0.3, 0.4) is 0 Å². The molecule has 1 amide bonds. The summed E-state index contributed by atoms with van der Waals surface area (Å²) >= 11 is 0. The number of anilines is 1. The molecule has 0 aromatic carbocycles. The van der Waals surface area contributed by atoms with Gasteiger partial charge in [0.1, 0.15) is 5.76 Å². The van der Waals surface area contributed by atoms with E-state index in [1.165, 1.54) is 0 Å². The van der Waals surface area contributed by atoms with Crippen molar-refractivity contribution in [2.45, 2.75) is 13.8 Å². The van der Waals surface area contributed by atoms with E-state index < -0.39 is 11.9 Å². The molecule has 1 aromatic heterocycles. The number of aromatic nitrogens is 1. The number of likely N-dealkylation sites (N-methyl/N-ethyl adjacent to an activating group) is 1. The fraction of sp³-hybridized carbons (Fsp3) is 0.545. The molecule has 0 aliphatic rings. The molecule has 0 saturated carbocycles. The van der Waals surface area contributed by atoms with Gasteiger partial charge in [0.15, 0.2) is 5.82 Å². The van der Waals surface area contributed by atoms with Gasteiger partial charge in [-0.15, -0.1) is 0 Å². The second-order valence-electron chi connectivity index (χ2n) is 4.31. The van der Waals surface area contributed by atoms with Gasteiger partial charge in [-0.2, -0.15) is 0 Å². The standard InChI is InChI=1S/C11H17N3O4/c1-7(11(16)17)5-14(3)6-10(15)12-9-4-8(2)18-13-9/h4,7H,5-6H2,1-3H3,(H,16,17)(H,12,13,15). The van der Waals surface area contributed by atoms with E-state index in [4.69, 9.17) is 9.63 Å². The number of hydrogen-bond acceptors (Lipinski definition) is 5. The normalized spacial score (nSPS) is 12.4. The average molecular weight is 255 g/mol. The molecule has 2 N–H and O–H groups in total. The minimum atomic E-state index is -0.880. The number of carboxylic acids is 1. The van der Waals surface area contributed by atoms with Gasteiger partial charge in [0, 0.05) is 12.6 Å². The Kier molecular flexibility index (Phi) is 4.85. The number of carbonyl (C=O) groups excluding carboxylic acids is 1. The van der Waals surface area contributed by atoms with E-state index >= 15 is 0 Å². The van der Waals surface area contributed by atoms with Gasteiger partial charge in [-0.1, -0.05) is 12.1 Å². The molecule has 18 heavy (non-hydrogen) atoms. The fourth-order valence-electron chi connectivity index (χ4n) is 1.46. The van der Waals surface area contributed by atoms with Crippen molar-refractivity contribution in [3.05, 3.63) is 11.8 Å². The summed E-state index contributed by atoms with van der Waals surface area (Å²) in [7, 11) is 1.69. The Morgan fingerprint density at radius 1 is 1.61 bits per heavy atom. The van der Waals surface area contributed by atoms with Crippen LogP contribution in [0.5, 0.6) is 0 Å². The molecule has 1 heterocycles. The van der Waals surface area contributed by atoms with Crippen LogP contribution in [-0.4, -0.2) is 47.2 Å². The monoisotopic (exact) mass is 255 g/mol. The Bertz CT molecular complexity index is 430. The summed E-state index contributed by atoms with van der Waals surface area (Å²) in [6.45, 7) is 3.73. The van der Waals surface area contributed by atoms with Gasteiger partial charge in [0.05, 0.1) is 12.5 Å². The van der Waals surface area contributed by atoms with Crippen molar-refractivity contribution >= 4 is 17.7 Å². The van der Waals surface area contributed by atoms with Crippen LogP contribution < -0.4 is 5.32 Å². The number of nitrogens with one attached hydrogen (secondary N) is 1. The third-order valence-corrected chi connectivity index (χ3v) is 2.32. The SMILES string of the molecule is Cc1cc(NC(=O)CN(C)CC(C)C(=O)O)no1. The summed E-state index contributed by atoms with van der Waals surface area (Å²) in [6.07, 6.45) is 0. The fourth-order valence-corrected chi connectivity index (χ4v) is 1.46. The highest BCUT2D eigenvalue weighted by molar-refractivity contribution is 5.91. The van der Waals surface area contributed by atoms with Crippen molar-refractivity contribution in [3.63, 3.8) is 0 Å². The van der Waals surface area contributed by atoms with Crippen LogP contribution in [0.1, 0.15) is 12.7 Å². The second-order valence-corrected chi connectivity index (χ2v) is 4.31. The van der Waals surface area contributed by atoms with Crippen molar-refractivity contribution in [1.29, 1.82) is 0 Å². The first-order valence-corrected chi connectivity index (χ1v) is 5.53. The number of nitrogens with zero attached hydrogens (tertiary/aromatic N) is 2. The highest BCUT2D eigenvalue weighted by Gasteiger charge is 2.16. The van der Waals surface area contributed by atoms with E-state index in [1.807, 2.05) is 0 Å². The molecule has 7 heteroatoms. The molecule has 1 atom stereocenters. The summed E-state index contributed by atoms with van der Waals surface area (Å²) in [6, 6.07) is 1.61. The minimum absolute atomic E-state index is 0.101. The molecular formula is C11H17N3O4. The van der Waals surface area contributed by atoms with Gasteiger partial charge in [0.2, 0.25) is 5.91 Å². The van der Waals surface area contributed by atoms with Gasteiger partial charge < -0.3 is 14.9 Å². The third kappa shape index (κ3) is 4.54. The van der Waals surface area contributed by atoms with E-state index in [9.17, 15) is 9.59 Å². The smallest absolute Gasteiger partial charge is 0.307 e. The predicted molar refractivity (Wildman–Crippen MR) is 64.2 cm³/mol. The maximum absolute atomic E-state index is 11.6. The number of hydrogen-bond donors (Lipinski definition) is 2. The Morgan fingerprint density at radius 2 is 2.28 bits per heavy atom. The van der Waals surface area contributed by atoms with Crippen molar-refractivity contribution < 1.29 is 19.2 Å². The van der Waals surface area contributed by atoms with Crippen LogP contribution in [0.15, 0.2) is 10.6 Å². The Balaban J connectivity index is 2.38. The number of carbonyl (C=O) groups is 2. The van der Waals surface area contributed by atoms with E-state index in [1.54, 1.807) is 31.9 Å². The van der Waals surface area contributed by atoms with Crippen LogP contribution in [-0.2, 0) is 9.59 Å². The number of aliphatic carboxylic acids is 1. The molecule has 1 aromatic rings. The zero-order valence-electron chi connectivity index (χ0n) is 10.6. The maximum Gasteiger partial charge on any atom is 0.307 e. The van der Waals surface area contributed by atoms with Crippen molar-refractivity contribution in [2.75, 3.05) is 25.5 Å². The zero-order valence-corrected chi connectivity index (χ0v) is 10.6. The van der Waals surface area contributed by atoms with Crippen LogP contribution in [0.25, 0.3) is 0 Å². The number of rotatable bonds is 6. The summed E-state index contributed by atoms with van der Waals surface area (Å²) in [5.41, 5.74) is 0. The Morgan fingerprint density at radius 3 is 2.78 bits per heavy atom. The summed E-state index contributed by atoms with van der Waals surface area (Å²) in [4.78, 5) is 23.9. The van der Waals surface area contributed by atoms with Crippen LogP contribution >= 0.6 is 0 Å². The number of carboxylic acid groups (broad SMARTS) is 1. The molecule has 1 unspecified atom stereocenters. The lowest BCUT2D eigenvalue weighted by molar-refractivity contribution is -0.141. The predicted octanol–water partition coefficient (Wildman–Crippen LogP) is 0.574. The van der Waals surface area contributed by atoms with Crippen LogP contribution in [0.4, 0.5) is 5.82 Å². The molecule has 1 rings (SSSR count). The Hall–Kier alpha value is -1.89. The quantitative estimate of drug-likeness (QED) is 0.771. The maximum atomic E-state index is 11.6. The van der Waals surface area contributed by atoms with Gasteiger partial charge >= 0.3 is 5.97 Å². The third-order valence-electron chi connectivity index (χ3n) is 2.32. The number of aryl methyl sites for hydroxylation is 1. The summed E-state index contributed by atoms with van der Waals surface area (Å²) < 4.78 is 4.81. The highest BCUT2D eigenvalue weighted by Crippen LogP contribution is 2.07. The lowest BCUT2D eigenvalue weighted by Gasteiger charge is -2.17. The van der Waals surface area contributed by atoms with E-state index in [0.717, 1.165) is 0 Å². The van der Waals surface area contributed by atoms with Crippen LogP contribution in [0.2, 0.25) is 0 Å². The van der Waals surface area contributed by atoms with E-state index in [0.29, 0.717) is 18.1 Å². The summed E-state index contributed by atoms with van der Waals surface area (Å²) in [5, 5.41) is 14.9. The molecule has 0 saturated heterocycles. The highest BCUT2D eigenvalue weighted by atomic mass is 16.5. The van der Waals surface area contributed by atoms with Crippen LogP contribution in [0, 0.1) is 12.8 Å². The topological polar surface area (TPSA) is 95.7 Å². The first-order valence-electron chi connectivity index (χ1n) is 5.53. The van der Waals surface area contributed by atoms with Gasteiger partial charge in [-0.05, 0) is 14.0 Å². The molecule has 0 radical (unpaired) electrons. The van der Waals surface area contributed by atoms with Gasteiger partial charge in [-0.3, -0.25) is 14.5 Å². The lowest BCUT2D eigenvalue weighted by Crippen LogP contribution is -2.35. The average Bonchev–Trinajstić information content (AvgIpc) is 2.62. The molecule has 0 aliphatic heterocycles. The molecule has 0 fully saturated rings. The molecule has 7 nitrogen and oxygen atoms in total. The number of amides is 1. The zero-order chi connectivity index (χ0) is 13.7. The summed E-state index contributed by atoms with van der Waals surface area (Å²) in [5.74, 6) is -0.690. The van der Waals surface area contributed by atoms with Gasteiger partial charge in [-0.25, -0.2) is 0 Å². The molecule has 0 spiro atoms. The first-order chi connectivity index (χ1) is 8.38. The first kappa shape index (κ1) is 14.2. The molecular weight excluding hydrogens is 238 g/mol. The lowest BCUT2D eigenvalue weighted by atomic mass is 10.2. The Labute approximate surface area is 105 Å². The van der Waals surface area contributed by atoms with E-state index in [-0.39, 0.29) is 12.5 Å². The largest absolute Gasteiger partial charge is 0.481 e. The molecule has 0 aliphatic carbocycles. The second kappa shape index (κ2) is 6.15.